The van der Waals surface area contributed by atoms with Crippen molar-refractivity contribution in [3.05, 3.63) is 70.8 Å². The highest BCUT2D eigenvalue weighted by Crippen LogP contribution is 2.23. The van der Waals surface area contributed by atoms with Gasteiger partial charge in [-0.3, -0.25) is 19.0 Å². The maximum absolute atomic E-state index is 12.5. The molecule has 0 saturated carbocycles. The molecule has 3 aromatic rings. The maximum atomic E-state index is 12.5. The van der Waals surface area contributed by atoms with Gasteiger partial charge in [-0.25, -0.2) is 4.98 Å². The summed E-state index contributed by atoms with van der Waals surface area (Å²) >= 11 is 0. The second-order valence-electron chi connectivity index (χ2n) is 8.46. The number of nitrogens with one attached hydrogen (secondary N) is 1. The van der Waals surface area contributed by atoms with Crippen LogP contribution >= 0.6 is 0 Å². The van der Waals surface area contributed by atoms with Crippen molar-refractivity contribution in [1.82, 2.24) is 9.55 Å². The lowest BCUT2D eigenvalue weighted by atomic mass is 9.87. The Bertz CT molecular complexity index is 1140. The molecule has 0 fully saturated rings. The van der Waals surface area contributed by atoms with E-state index in [0.29, 0.717) is 16.6 Å². The number of aromatic nitrogens is 2. The first-order chi connectivity index (χ1) is 14.6. The third-order valence-electron chi connectivity index (χ3n) is 4.98. The summed E-state index contributed by atoms with van der Waals surface area (Å²) in [5, 5.41) is 3.24. The SMILES string of the molecule is CC(OC(=O)CCn1cnc2ccccc2c1=O)C(=O)Nc1ccc(C(C)(C)C)cc1. The molecule has 2 aromatic carbocycles. The second kappa shape index (κ2) is 9.12. The number of hydrogen-bond acceptors (Lipinski definition) is 5. The zero-order chi connectivity index (χ0) is 22.6. The van der Waals surface area contributed by atoms with Crippen molar-refractivity contribution < 1.29 is 14.3 Å². The summed E-state index contributed by atoms with van der Waals surface area (Å²) in [4.78, 5) is 41.2. The Hall–Kier alpha value is -3.48. The van der Waals surface area contributed by atoms with E-state index in [1.807, 2.05) is 30.3 Å². The van der Waals surface area contributed by atoms with Crippen molar-refractivity contribution in [3.63, 3.8) is 0 Å². The molecule has 0 aliphatic heterocycles. The lowest BCUT2D eigenvalue weighted by Crippen LogP contribution is -2.30. The van der Waals surface area contributed by atoms with Crippen LogP contribution in [0.3, 0.4) is 0 Å². The number of ether oxygens (including phenoxy) is 1. The minimum Gasteiger partial charge on any atom is -0.452 e. The molecule has 0 bridgehead atoms. The highest BCUT2D eigenvalue weighted by atomic mass is 16.5. The molecule has 31 heavy (non-hydrogen) atoms. The highest BCUT2D eigenvalue weighted by molar-refractivity contribution is 5.95. The summed E-state index contributed by atoms with van der Waals surface area (Å²) in [6.45, 7) is 7.98. The number of amides is 1. The van der Waals surface area contributed by atoms with Crippen LogP contribution in [0.15, 0.2) is 59.7 Å². The van der Waals surface area contributed by atoms with E-state index in [1.54, 1.807) is 18.2 Å². The predicted octanol–water partition coefficient (Wildman–Crippen LogP) is 3.65. The van der Waals surface area contributed by atoms with E-state index < -0.39 is 18.0 Å². The van der Waals surface area contributed by atoms with Gasteiger partial charge >= 0.3 is 5.97 Å². The van der Waals surface area contributed by atoms with Crippen molar-refractivity contribution in [1.29, 1.82) is 0 Å². The van der Waals surface area contributed by atoms with E-state index in [2.05, 4.69) is 31.1 Å². The Morgan fingerprint density at radius 1 is 1.10 bits per heavy atom. The topological polar surface area (TPSA) is 90.3 Å². The van der Waals surface area contributed by atoms with Gasteiger partial charge in [-0.05, 0) is 42.2 Å². The largest absolute Gasteiger partial charge is 0.452 e. The molecule has 1 unspecified atom stereocenters. The Kier molecular flexibility index (Phi) is 6.53. The molecule has 0 radical (unpaired) electrons. The molecule has 7 nitrogen and oxygen atoms in total. The van der Waals surface area contributed by atoms with Gasteiger partial charge in [0.1, 0.15) is 0 Å². The molecule has 0 aliphatic rings. The minimum atomic E-state index is -0.957. The third kappa shape index (κ3) is 5.57. The zero-order valence-electron chi connectivity index (χ0n) is 18.2. The number of nitrogens with zero attached hydrogens (tertiary/aromatic N) is 2. The van der Waals surface area contributed by atoms with E-state index in [1.165, 1.54) is 17.8 Å². The molecule has 3 rings (SSSR count). The van der Waals surface area contributed by atoms with Gasteiger partial charge in [0.25, 0.3) is 11.5 Å². The van der Waals surface area contributed by atoms with Crippen LogP contribution in [-0.4, -0.2) is 27.5 Å². The van der Waals surface area contributed by atoms with Crippen molar-refractivity contribution in [2.45, 2.75) is 52.2 Å². The van der Waals surface area contributed by atoms with Crippen LogP contribution in [0.4, 0.5) is 5.69 Å². The van der Waals surface area contributed by atoms with Gasteiger partial charge in [-0.1, -0.05) is 45.0 Å². The molecular weight excluding hydrogens is 394 g/mol. The summed E-state index contributed by atoms with van der Waals surface area (Å²) in [6.07, 6.45) is 0.411. The van der Waals surface area contributed by atoms with Gasteiger partial charge in [0.15, 0.2) is 6.10 Å². The zero-order valence-corrected chi connectivity index (χ0v) is 18.2. The molecule has 0 aliphatic carbocycles. The fraction of sp³-hybridized carbons (Fsp3) is 0.333. The third-order valence-corrected chi connectivity index (χ3v) is 4.98. The number of esters is 1. The van der Waals surface area contributed by atoms with Crippen molar-refractivity contribution in [2.75, 3.05) is 5.32 Å². The first kappa shape index (κ1) is 22.2. The minimum absolute atomic E-state index is 0.0217. The summed E-state index contributed by atoms with van der Waals surface area (Å²) < 4.78 is 6.59. The Balaban J connectivity index is 1.54. The highest BCUT2D eigenvalue weighted by Gasteiger charge is 2.19. The Morgan fingerprint density at radius 2 is 1.77 bits per heavy atom. The normalized spacial score (nSPS) is 12.4. The summed E-state index contributed by atoms with van der Waals surface area (Å²) in [7, 11) is 0. The van der Waals surface area contributed by atoms with Crippen molar-refractivity contribution in [2.24, 2.45) is 0 Å². The average Bonchev–Trinajstić information content (AvgIpc) is 2.73. The number of aryl methyl sites for hydroxylation is 1. The number of para-hydroxylation sites is 1. The summed E-state index contributed by atoms with van der Waals surface area (Å²) in [5.41, 5.74) is 2.20. The van der Waals surface area contributed by atoms with Crippen LogP contribution in [0.5, 0.6) is 0 Å². The van der Waals surface area contributed by atoms with E-state index in [4.69, 9.17) is 4.74 Å². The molecule has 7 heteroatoms. The first-order valence-electron chi connectivity index (χ1n) is 10.2. The van der Waals surface area contributed by atoms with Crippen molar-refractivity contribution >= 4 is 28.5 Å². The standard InChI is InChI=1S/C24H27N3O4/c1-16(22(29)26-18-11-9-17(10-12-18)24(2,3)4)31-21(28)13-14-27-15-25-20-8-6-5-7-19(20)23(27)30/h5-12,15-16H,13-14H2,1-4H3,(H,26,29). The van der Waals surface area contributed by atoms with Gasteiger partial charge < -0.3 is 10.1 Å². The van der Waals surface area contributed by atoms with Crippen LogP contribution < -0.4 is 10.9 Å². The van der Waals surface area contributed by atoms with Crippen LogP contribution in [-0.2, 0) is 26.3 Å². The van der Waals surface area contributed by atoms with Gasteiger partial charge in [0.05, 0.1) is 23.7 Å². The lowest BCUT2D eigenvalue weighted by Gasteiger charge is -2.19. The van der Waals surface area contributed by atoms with Crippen LogP contribution in [0.1, 0.15) is 39.7 Å². The van der Waals surface area contributed by atoms with Crippen molar-refractivity contribution in [3.8, 4) is 0 Å². The van der Waals surface area contributed by atoms with E-state index >= 15 is 0 Å². The molecule has 1 amide bonds. The smallest absolute Gasteiger partial charge is 0.308 e. The van der Waals surface area contributed by atoms with E-state index in [-0.39, 0.29) is 23.9 Å². The molecule has 1 heterocycles. The molecule has 162 valence electrons. The number of anilines is 1. The van der Waals surface area contributed by atoms with E-state index in [9.17, 15) is 14.4 Å². The Labute approximate surface area is 181 Å². The fourth-order valence-electron chi connectivity index (χ4n) is 3.08. The summed E-state index contributed by atoms with van der Waals surface area (Å²) in [5.74, 6) is -0.979. The average molecular weight is 421 g/mol. The van der Waals surface area contributed by atoms with Gasteiger partial charge in [0, 0.05) is 12.2 Å². The van der Waals surface area contributed by atoms with Gasteiger partial charge in [0.2, 0.25) is 0 Å². The number of rotatable bonds is 6. The second-order valence-corrected chi connectivity index (χ2v) is 8.46. The number of fused-ring (bicyclic) bond motifs is 1. The van der Waals surface area contributed by atoms with Crippen LogP contribution in [0, 0.1) is 0 Å². The Morgan fingerprint density at radius 3 is 2.45 bits per heavy atom. The molecule has 0 spiro atoms. The number of hydrogen-bond donors (Lipinski definition) is 1. The van der Waals surface area contributed by atoms with Crippen LogP contribution in [0.2, 0.25) is 0 Å². The van der Waals surface area contributed by atoms with Gasteiger partial charge in [-0.15, -0.1) is 0 Å². The lowest BCUT2D eigenvalue weighted by molar-refractivity contribution is -0.153. The molecule has 1 atom stereocenters. The molecular formula is C24H27N3O4. The van der Waals surface area contributed by atoms with Crippen LogP contribution in [0.25, 0.3) is 10.9 Å². The van der Waals surface area contributed by atoms with Gasteiger partial charge in [-0.2, -0.15) is 0 Å². The molecule has 1 N–H and O–H groups in total. The van der Waals surface area contributed by atoms with E-state index in [0.717, 1.165) is 5.56 Å². The first-order valence-corrected chi connectivity index (χ1v) is 10.2. The maximum Gasteiger partial charge on any atom is 0.308 e. The predicted molar refractivity (Wildman–Crippen MR) is 120 cm³/mol. The monoisotopic (exact) mass is 421 g/mol. The number of carbonyl (C=O) groups is 2. The number of carbonyl (C=O) groups excluding carboxylic acids is 2. The number of benzene rings is 2. The molecule has 1 aromatic heterocycles. The molecule has 0 saturated heterocycles. The summed E-state index contributed by atoms with van der Waals surface area (Å²) in [6, 6.07) is 14.6. The quantitative estimate of drug-likeness (QED) is 0.614. The fourth-order valence-corrected chi connectivity index (χ4v) is 3.08.